The highest BCUT2D eigenvalue weighted by Gasteiger charge is 2.12. The number of carbonyl (C=O) groups excluding carboxylic acids is 2. The van der Waals surface area contributed by atoms with Gasteiger partial charge in [0.25, 0.3) is 11.8 Å². The van der Waals surface area contributed by atoms with Gasteiger partial charge in [0.05, 0.1) is 0 Å². The summed E-state index contributed by atoms with van der Waals surface area (Å²) in [6.07, 6.45) is 1.40. The van der Waals surface area contributed by atoms with Gasteiger partial charge in [0.2, 0.25) is 0 Å². The number of rotatable bonds is 6. The summed E-state index contributed by atoms with van der Waals surface area (Å²) >= 11 is 0. The number of amides is 2. The van der Waals surface area contributed by atoms with Crippen molar-refractivity contribution in [3.63, 3.8) is 0 Å². The fourth-order valence-electron chi connectivity index (χ4n) is 2.48. The highest BCUT2D eigenvalue weighted by Crippen LogP contribution is 2.07. The van der Waals surface area contributed by atoms with Gasteiger partial charge in [-0.15, -0.1) is 0 Å². The highest BCUT2D eigenvalue weighted by molar-refractivity contribution is 5.98. The number of pyridine rings is 1. The maximum Gasteiger partial charge on any atom is 0.270 e. The van der Waals surface area contributed by atoms with Gasteiger partial charge in [-0.05, 0) is 23.8 Å². The molecule has 0 saturated carbocycles. The van der Waals surface area contributed by atoms with Gasteiger partial charge in [-0.2, -0.15) is 0 Å². The van der Waals surface area contributed by atoms with Crippen LogP contribution in [-0.2, 0) is 13.1 Å². The average molecular weight is 363 g/mol. The molecule has 0 bridgehead atoms. The van der Waals surface area contributed by atoms with Crippen molar-refractivity contribution in [3.8, 4) is 0 Å². The Balaban J connectivity index is 1.61. The summed E-state index contributed by atoms with van der Waals surface area (Å²) in [6, 6.07) is 18.7. The third-order valence-electron chi connectivity index (χ3n) is 3.95. The van der Waals surface area contributed by atoms with E-state index in [4.69, 9.17) is 0 Å². The minimum Gasteiger partial charge on any atom is -0.348 e. The Bertz CT molecular complexity index is 945. The van der Waals surface area contributed by atoms with E-state index in [-0.39, 0.29) is 24.0 Å². The Morgan fingerprint density at radius 3 is 2.33 bits per heavy atom. The molecular formula is C21H18FN3O2. The lowest BCUT2D eigenvalue weighted by Crippen LogP contribution is -2.26. The topological polar surface area (TPSA) is 71.1 Å². The van der Waals surface area contributed by atoms with Crippen molar-refractivity contribution in [2.75, 3.05) is 0 Å². The number of carbonyl (C=O) groups is 2. The first-order valence-electron chi connectivity index (χ1n) is 8.43. The summed E-state index contributed by atoms with van der Waals surface area (Å²) in [5, 5.41) is 5.41. The van der Waals surface area contributed by atoms with Crippen molar-refractivity contribution in [3.05, 3.63) is 101 Å². The van der Waals surface area contributed by atoms with Crippen molar-refractivity contribution in [1.82, 2.24) is 15.6 Å². The zero-order valence-corrected chi connectivity index (χ0v) is 14.5. The van der Waals surface area contributed by atoms with E-state index < -0.39 is 5.91 Å². The molecule has 0 saturated heterocycles. The standard InChI is InChI=1S/C21H18FN3O2/c22-18-9-5-4-8-17(18)14-25-21(27)19-12-16(10-11-23-19)20(26)24-13-15-6-2-1-3-7-15/h1-12H,13-14H2,(H,24,26)(H,25,27). The highest BCUT2D eigenvalue weighted by atomic mass is 19.1. The van der Waals surface area contributed by atoms with E-state index in [9.17, 15) is 14.0 Å². The molecule has 0 atom stereocenters. The largest absolute Gasteiger partial charge is 0.348 e. The zero-order chi connectivity index (χ0) is 19.1. The van der Waals surface area contributed by atoms with Crippen molar-refractivity contribution >= 4 is 11.8 Å². The van der Waals surface area contributed by atoms with E-state index in [0.29, 0.717) is 17.7 Å². The predicted octanol–water partition coefficient (Wildman–Crippen LogP) is 3.08. The summed E-state index contributed by atoms with van der Waals surface area (Å²) in [5.41, 5.74) is 1.78. The Kier molecular flexibility index (Phi) is 5.89. The smallest absolute Gasteiger partial charge is 0.270 e. The van der Waals surface area contributed by atoms with Crippen LogP contribution < -0.4 is 10.6 Å². The van der Waals surface area contributed by atoms with Gasteiger partial charge in [0.1, 0.15) is 11.5 Å². The van der Waals surface area contributed by atoms with Gasteiger partial charge in [-0.25, -0.2) is 4.39 Å². The number of hydrogen-bond acceptors (Lipinski definition) is 3. The van der Waals surface area contributed by atoms with Crippen LogP contribution in [0.1, 0.15) is 32.0 Å². The Morgan fingerprint density at radius 2 is 1.56 bits per heavy atom. The number of nitrogens with zero attached hydrogens (tertiary/aromatic N) is 1. The first kappa shape index (κ1) is 18.3. The maximum absolute atomic E-state index is 13.6. The SMILES string of the molecule is O=C(NCc1ccccc1)c1ccnc(C(=O)NCc2ccccc2F)c1. The van der Waals surface area contributed by atoms with E-state index in [2.05, 4.69) is 15.6 Å². The monoisotopic (exact) mass is 363 g/mol. The third kappa shape index (κ3) is 4.98. The van der Waals surface area contributed by atoms with Gasteiger partial charge < -0.3 is 10.6 Å². The van der Waals surface area contributed by atoms with E-state index >= 15 is 0 Å². The fraction of sp³-hybridized carbons (Fsp3) is 0.0952. The molecule has 3 rings (SSSR count). The second-order valence-electron chi connectivity index (χ2n) is 5.87. The molecule has 136 valence electrons. The molecule has 5 nitrogen and oxygen atoms in total. The van der Waals surface area contributed by atoms with Crippen LogP contribution in [0.2, 0.25) is 0 Å². The Hall–Kier alpha value is -3.54. The lowest BCUT2D eigenvalue weighted by Gasteiger charge is -2.08. The molecule has 0 aliphatic carbocycles. The molecule has 6 heteroatoms. The quantitative estimate of drug-likeness (QED) is 0.707. The van der Waals surface area contributed by atoms with E-state index in [1.807, 2.05) is 30.3 Å². The van der Waals surface area contributed by atoms with Crippen LogP contribution in [0, 0.1) is 5.82 Å². The van der Waals surface area contributed by atoms with E-state index in [1.165, 1.54) is 24.4 Å². The molecule has 0 fully saturated rings. The Labute approximate surface area is 156 Å². The summed E-state index contributed by atoms with van der Waals surface area (Å²) < 4.78 is 13.6. The summed E-state index contributed by atoms with van der Waals surface area (Å²) in [4.78, 5) is 28.5. The van der Waals surface area contributed by atoms with E-state index in [0.717, 1.165) is 5.56 Å². The molecule has 3 aromatic rings. The number of hydrogen-bond donors (Lipinski definition) is 2. The van der Waals surface area contributed by atoms with Crippen LogP contribution in [0.15, 0.2) is 72.9 Å². The number of benzene rings is 2. The van der Waals surface area contributed by atoms with Crippen LogP contribution in [0.4, 0.5) is 4.39 Å². The molecule has 0 aliphatic heterocycles. The molecule has 0 radical (unpaired) electrons. The van der Waals surface area contributed by atoms with Crippen LogP contribution in [0.25, 0.3) is 0 Å². The zero-order valence-electron chi connectivity index (χ0n) is 14.5. The predicted molar refractivity (Wildman–Crippen MR) is 99.4 cm³/mol. The van der Waals surface area contributed by atoms with Crippen LogP contribution in [0.3, 0.4) is 0 Å². The molecule has 0 spiro atoms. The van der Waals surface area contributed by atoms with E-state index in [1.54, 1.807) is 18.2 Å². The fourth-order valence-corrected chi connectivity index (χ4v) is 2.48. The molecule has 0 aliphatic rings. The molecule has 1 aromatic heterocycles. The van der Waals surface area contributed by atoms with Crippen molar-refractivity contribution in [1.29, 1.82) is 0 Å². The lowest BCUT2D eigenvalue weighted by atomic mass is 10.2. The minimum atomic E-state index is -0.476. The molecule has 27 heavy (non-hydrogen) atoms. The maximum atomic E-state index is 13.6. The number of aromatic nitrogens is 1. The molecule has 1 heterocycles. The van der Waals surface area contributed by atoms with Crippen LogP contribution >= 0.6 is 0 Å². The number of halogens is 1. The molecule has 0 unspecified atom stereocenters. The van der Waals surface area contributed by atoms with Crippen LogP contribution in [0.5, 0.6) is 0 Å². The summed E-state index contributed by atoms with van der Waals surface area (Å²) in [5.74, 6) is -1.17. The molecule has 2 amide bonds. The second kappa shape index (κ2) is 8.71. The Morgan fingerprint density at radius 1 is 0.852 bits per heavy atom. The third-order valence-corrected chi connectivity index (χ3v) is 3.95. The van der Waals surface area contributed by atoms with Crippen molar-refractivity contribution < 1.29 is 14.0 Å². The lowest BCUT2D eigenvalue weighted by molar-refractivity contribution is 0.0945. The first-order chi connectivity index (χ1) is 13.1. The van der Waals surface area contributed by atoms with Gasteiger partial charge in [-0.3, -0.25) is 14.6 Å². The summed E-state index contributed by atoms with van der Waals surface area (Å²) in [6.45, 7) is 0.425. The van der Waals surface area contributed by atoms with Gasteiger partial charge in [0, 0.05) is 30.4 Å². The molecular weight excluding hydrogens is 345 g/mol. The average Bonchev–Trinajstić information content (AvgIpc) is 2.72. The van der Waals surface area contributed by atoms with Crippen LogP contribution in [-0.4, -0.2) is 16.8 Å². The van der Waals surface area contributed by atoms with Gasteiger partial charge >= 0.3 is 0 Å². The second-order valence-corrected chi connectivity index (χ2v) is 5.87. The van der Waals surface area contributed by atoms with Crippen molar-refractivity contribution in [2.45, 2.75) is 13.1 Å². The summed E-state index contributed by atoms with van der Waals surface area (Å²) in [7, 11) is 0. The van der Waals surface area contributed by atoms with Gasteiger partial charge in [-0.1, -0.05) is 48.5 Å². The van der Waals surface area contributed by atoms with Crippen molar-refractivity contribution in [2.24, 2.45) is 0 Å². The minimum absolute atomic E-state index is 0.0393. The van der Waals surface area contributed by atoms with Gasteiger partial charge in [0.15, 0.2) is 0 Å². The first-order valence-corrected chi connectivity index (χ1v) is 8.43. The molecule has 2 aromatic carbocycles. The number of nitrogens with one attached hydrogen (secondary N) is 2. The molecule has 2 N–H and O–H groups in total. The normalized spacial score (nSPS) is 10.3.